The third kappa shape index (κ3) is 2.76. The number of hydrogen-bond donors (Lipinski definition) is 0. The molecule has 0 radical (unpaired) electrons. The molecule has 5 nitrogen and oxygen atoms in total. The van der Waals surface area contributed by atoms with E-state index in [1.54, 1.807) is 12.1 Å². The van der Waals surface area contributed by atoms with E-state index in [9.17, 15) is 14.7 Å². The molecule has 100 valence electrons. The number of hydrogen-bond acceptors (Lipinski definition) is 5. The van der Waals surface area contributed by atoms with Gasteiger partial charge in [0.05, 0.1) is 11.4 Å². The molecule has 0 fully saturated rings. The Balaban J connectivity index is 2.67. The van der Waals surface area contributed by atoms with Gasteiger partial charge in [-0.05, 0) is 36.6 Å². The van der Waals surface area contributed by atoms with Crippen LogP contribution in [0, 0.1) is 6.92 Å². The van der Waals surface area contributed by atoms with Crippen molar-refractivity contribution in [1.29, 1.82) is 0 Å². The highest BCUT2D eigenvalue weighted by Gasteiger charge is 2.11. The number of carbonyl (C=O) groups is 1. The Hall–Kier alpha value is -2.30. The van der Waals surface area contributed by atoms with Crippen molar-refractivity contribution in [1.82, 2.24) is 0 Å². The van der Waals surface area contributed by atoms with Gasteiger partial charge in [-0.1, -0.05) is 6.92 Å². The quantitative estimate of drug-likeness (QED) is 0.760. The minimum absolute atomic E-state index is 0.389. The lowest BCUT2D eigenvalue weighted by Crippen LogP contribution is -2.29. The predicted octanol–water partition coefficient (Wildman–Crippen LogP) is 0.793. The summed E-state index contributed by atoms with van der Waals surface area (Å²) in [5.41, 5.74) is 1.55. The van der Waals surface area contributed by atoms with Crippen LogP contribution in [-0.2, 0) is 11.2 Å². The van der Waals surface area contributed by atoms with Gasteiger partial charge in [-0.15, -0.1) is 0 Å². The van der Waals surface area contributed by atoms with Crippen LogP contribution >= 0.6 is 0 Å². The number of aryl methyl sites for hydroxylation is 2. The first-order valence-electron chi connectivity index (χ1n) is 5.91. The summed E-state index contributed by atoms with van der Waals surface area (Å²) in [6.07, 6.45) is 0.618. The van der Waals surface area contributed by atoms with E-state index >= 15 is 0 Å². The van der Waals surface area contributed by atoms with Crippen molar-refractivity contribution in [3.8, 4) is 5.75 Å². The maximum absolute atomic E-state index is 11.4. The molecule has 0 atom stereocenters. The van der Waals surface area contributed by atoms with E-state index in [1.165, 1.54) is 6.07 Å². The average molecular weight is 261 g/mol. The first-order chi connectivity index (χ1) is 9.01. The van der Waals surface area contributed by atoms with Gasteiger partial charge in [0.15, 0.2) is 0 Å². The average Bonchev–Trinajstić information content (AvgIpc) is 2.33. The van der Waals surface area contributed by atoms with E-state index in [1.807, 2.05) is 13.8 Å². The van der Waals surface area contributed by atoms with Gasteiger partial charge in [-0.25, -0.2) is 4.79 Å². The van der Waals surface area contributed by atoms with Crippen LogP contribution in [0.25, 0.3) is 11.0 Å². The Labute approximate surface area is 109 Å². The van der Waals surface area contributed by atoms with Crippen molar-refractivity contribution in [3.05, 3.63) is 39.7 Å². The summed E-state index contributed by atoms with van der Waals surface area (Å²) in [6.45, 7) is 3.17. The van der Waals surface area contributed by atoms with E-state index in [2.05, 4.69) is 0 Å². The Kier molecular flexibility index (Phi) is 3.55. The summed E-state index contributed by atoms with van der Waals surface area (Å²) in [5, 5.41) is 11.1. The first-order valence-corrected chi connectivity index (χ1v) is 5.91. The van der Waals surface area contributed by atoms with E-state index in [0.29, 0.717) is 23.1 Å². The molecule has 1 heterocycles. The van der Waals surface area contributed by atoms with Crippen LogP contribution in [0.15, 0.2) is 27.4 Å². The summed E-state index contributed by atoms with van der Waals surface area (Å²) >= 11 is 0. The number of rotatable bonds is 4. The van der Waals surface area contributed by atoms with Gasteiger partial charge < -0.3 is 19.1 Å². The third-order valence-corrected chi connectivity index (χ3v) is 2.76. The second-order valence-electron chi connectivity index (χ2n) is 4.24. The van der Waals surface area contributed by atoms with Crippen molar-refractivity contribution in [2.75, 3.05) is 6.61 Å². The normalized spacial score (nSPS) is 10.6. The van der Waals surface area contributed by atoms with Gasteiger partial charge in [-0.3, -0.25) is 0 Å². The summed E-state index contributed by atoms with van der Waals surface area (Å²) in [7, 11) is 0. The zero-order valence-corrected chi connectivity index (χ0v) is 10.7. The van der Waals surface area contributed by atoms with Crippen LogP contribution < -0.4 is 15.5 Å². The lowest BCUT2D eigenvalue weighted by atomic mass is 10.1. The fourth-order valence-electron chi connectivity index (χ4n) is 2.00. The van der Waals surface area contributed by atoms with Gasteiger partial charge in [0, 0.05) is 6.07 Å². The molecule has 2 rings (SSSR count). The second-order valence-corrected chi connectivity index (χ2v) is 4.24. The molecule has 0 aliphatic carbocycles. The minimum atomic E-state index is -1.30. The zero-order chi connectivity index (χ0) is 14.0. The fourth-order valence-corrected chi connectivity index (χ4v) is 2.00. The zero-order valence-electron chi connectivity index (χ0n) is 10.7. The molecule has 0 amide bonds. The van der Waals surface area contributed by atoms with Gasteiger partial charge in [-0.2, -0.15) is 0 Å². The standard InChI is InChI=1S/C14H14O5/c1-3-9-6-13(17)19-11-5-8(2)4-10(14(9)11)18-7-12(15)16/h4-6H,3,7H2,1-2H3,(H,15,16)/p-1. The van der Waals surface area contributed by atoms with Crippen LogP contribution in [0.2, 0.25) is 0 Å². The van der Waals surface area contributed by atoms with Gasteiger partial charge >= 0.3 is 5.63 Å². The Morgan fingerprint density at radius 1 is 1.37 bits per heavy atom. The van der Waals surface area contributed by atoms with Crippen molar-refractivity contribution < 1.29 is 19.1 Å². The summed E-state index contributed by atoms with van der Waals surface area (Å²) in [6, 6.07) is 4.83. The van der Waals surface area contributed by atoms with E-state index in [4.69, 9.17) is 9.15 Å². The fraction of sp³-hybridized carbons (Fsp3) is 0.286. The van der Waals surface area contributed by atoms with Crippen LogP contribution in [0.1, 0.15) is 18.1 Å². The molecule has 0 aliphatic heterocycles. The molecule has 0 aliphatic rings. The molecule has 2 aromatic rings. The second kappa shape index (κ2) is 5.14. The van der Waals surface area contributed by atoms with E-state index in [-0.39, 0.29) is 0 Å². The van der Waals surface area contributed by atoms with Crippen molar-refractivity contribution in [3.63, 3.8) is 0 Å². The van der Waals surface area contributed by atoms with Crippen molar-refractivity contribution in [2.45, 2.75) is 20.3 Å². The topological polar surface area (TPSA) is 79.6 Å². The molecular weight excluding hydrogens is 248 g/mol. The van der Waals surface area contributed by atoms with Crippen LogP contribution in [0.3, 0.4) is 0 Å². The van der Waals surface area contributed by atoms with Crippen molar-refractivity contribution >= 4 is 16.9 Å². The summed E-state index contributed by atoms with van der Waals surface area (Å²) in [4.78, 5) is 21.9. The number of fused-ring (bicyclic) bond motifs is 1. The predicted molar refractivity (Wildman–Crippen MR) is 67.1 cm³/mol. The molecule has 0 N–H and O–H groups in total. The number of carboxylic acids is 1. The van der Waals surface area contributed by atoms with E-state index < -0.39 is 18.2 Å². The van der Waals surface area contributed by atoms with Gasteiger partial charge in [0.1, 0.15) is 17.9 Å². The Morgan fingerprint density at radius 2 is 2.11 bits per heavy atom. The lowest BCUT2D eigenvalue weighted by Gasteiger charge is -2.12. The molecule has 0 bridgehead atoms. The Bertz CT molecular complexity index is 684. The molecule has 1 aromatic heterocycles. The highest BCUT2D eigenvalue weighted by Crippen LogP contribution is 2.30. The molecule has 19 heavy (non-hydrogen) atoms. The smallest absolute Gasteiger partial charge is 0.336 e. The van der Waals surface area contributed by atoms with Gasteiger partial charge in [0.25, 0.3) is 0 Å². The molecule has 0 unspecified atom stereocenters. The SMILES string of the molecule is CCc1cc(=O)oc2cc(C)cc(OCC(=O)[O-])c12. The van der Waals surface area contributed by atoms with E-state index in [0.717, 1.165) is 11.1 Å². The number of aliphatic carboxylic acids is 1. The summed E-state index contributed by atoms with van der Waals surface area (Å²) in [5.74, 6) is -0.912. The number of benzene rings is 1. The number of ether oxygens (including phenoxy) is 1. The molecule has 0 saturated heterocycles. The molecule has 1 aromatic carbocycles. The molecular formula is C14H13O5-. The monoisotopic (exact) mass is 261 g/mol. The third-order valence-electron chi connectivity index (χ3n) is 2.76. The highest BCUT2D eigenvalue weighted by molar-refractivity contribution is 5.87. The molecule has 0 saturated carbocycles. The van der Waals surface area contributed by atoms with Crippen LogP contribution in [-0.4, -0.2) is 12.6 Å². The van der Waals surface area contributed by atoms with Gasteiger partial charge in [0.2, 0.25) is 0 Å². The highest BCUT2D eigenvalue weighted by atomic mass is 16.5. The van der Waals surface area contributed by atoms with Crippen LogP contribution in [0.4, 0.5) is 0 Å². The molecule has 0 spiro atoms. The Morgan fingerprint density at radius 3 is 2.74 bits per heavy atom. The largest absolute Gasteiger partial charge is 0.546 e. The van der Waals surface area contributed by atoms with Crippen molar-refractivity contribution in [2.24, 2.45) is 0 Å². The number of carbonyl (C=O) groups excluding carboxylic acids is 1. The first kappa shape index (κ1) is 13.1. The maximum Gasteiger partial charge on any atom is 0.336 e. The summed E-state index contributed by atoms with van der Waals surface area (Å²) < 4.78 is 10.4. The minimum Gasteiger partial charge on any atom is -0.546 e. The lowest BCUT2D eigenvalue weighted by molar-refractivity contribution is -0.307. The van der Waals surface area contributed by atoms with Crippen LogP contribution in [0.5, 0.6) is 5.75 Å². The molecule has 5 heteroatoms. The maximum atomic E-state index is 11.4. The number of carboxylic acid groups (broad SMARTS) is 1.